The summed E-state index contributed by atoms with van der Waals surface area (Å²) in [5.74, 6) is -0.450. The lowest BCUT2D eigenvalue weighted by atomic mass is 10.1. The van der Waals surface area contributed by atoms with Crippen LogP contribution in [0.4, 0.5) is 4.39 Å². The summed E-state index contributed by atoms with van der Waals surface area (Å²) in [6, 6.07) is 9.44. The third-order valence-electron chi connectivity index (χ3n) is 4.36. The standard InChI is InChI=1S/C22H18FIN2O4S/c1-3-8-26-21(28)16(20(27)25-22(26)31)9-14-10-17(24)19(18(11-14)29-2)30-12-13-4-6-15(23)7-5-13/h3-7,9-11H,1,8,12H2,2H3,(H,25,27,31)/b16-9+. The predicted molar refractivity (Wildman–Crippen MR) is 127 cm³/mol. The van der Waals surface area contributed by atoms with Gasteiger partial charge in [0.1, 0.15) is 18.0 Å². The molecular weight excluding hydrogens is 534 g/mol. The summed E-state index contributed by atoms with van der Waals surface area (Å²) in [6.45, 7) is 4.01. The number of ether oxygens (including phenoxy) is 2. The highest BCUT2D eigenvalue weighted by atomic mass is 127. The Hall–Kier alpha value is -2.79. The number of amides is 2. The molecule has 1 aliphatic rings. The van der Waals surface area contributed by atoms with E-state index in [1.54, 1.807) is 24.3 Å². The van der Waals surface area contributed by atoms with Crippen LogP contribution >= 0.6 is 34.8 Å². The predicted octanol–water partition coefficient (Wildman–Crippen LogP) is 3.83. The molecule has 31 heavy (non-hydrogen) atoms. The van der Waals surface area contributed by atoms with E-state index in [1.807, 2.05) is 0 Å². The molecule has 0 aliphatic carbocycles. The zero-order chi connectivity index (χ0) is 22.5. The summed E-state index contributed by atoms with van der Waals surface area (Å²) in [6.07, 6.45) is 3.00. The van der Waals surface area contributed by atoms with Crippen molar-refractivity contribution in [2.75, 3.05) is 13.7 Å². The second-order valence-corrected chi connectivity index (χ2v) is 8.02. The molecular formula is C22H18FIN2O4S. The summed E-state index contributed by atoms with van der Waals surface area (Å²) in [5, 5.41) is 2.55. The first-order valence-corrected chi connectivity index (χ1v) is 10.6. The minimum atomic E-state index is -0.569. The molecule has 1 fully saturated rings. The number of carbonyl (C=O) groups excluding carboxylic acids is 2. The SMILES string of the molecule is C=CCN1C(=O)/C(=C/c2cc(I)c(OCc3ccc(F)cc3)c(OC)c2)C(=O)NC1=S. The number of nitrogens with zero attached hydrogens (tertiary/aromatic N) is 1. The Balaban J connectivity index is 1.88. The molecule has 9 heteroatoms. The zero-order valence-corrected chi connectivity index (χ0v) is 19.5. The minimum absolute atomic E-state index is 0.0451. The van der Waals surface area contributed by atoms with Crippen molar-refractivity contribution < 1.29 is 23.5 Å². The maximum Gasteiger partial charge on any atom is 0.265 e. The van der Waals surface area contributed by atoms with Crippen LogP contribution in [0.15, 0.2) is 54.6 Å². The van der Waals surface area contributed by atoms with Crippen molar-refractivity contribution in [3.05, 3.63) is 75.1 Å². The molecule has 0 atom stereocenters. The topological polar surface area (TPSA) is 67.9 Å². The molecule has 0 saturated carbocycles. The maximum atomic E-state index is 13.1. The molecule has 0 radical (unpaired) electrons. The fourth-order valence-electron chi connectivity index (χ4n) is 2.85. The number of halogens is 2. The molecule has 2 amide bonds. The quantitative estimate of drug-likeness (QED) is 0.186. The smallest absolute Gasteiger partial charge is 0.265 e. The Bertz CT molecular complexity index is 1090. The van der Waals surface area contributed by atoms with Gasteiger partial charge in [-0.3, -0.25) is 19.8 Å². The molecule has 1 aliphatic heterocycles. The number of nitrogens with one attached hydrogen (secondary N) is 1. The Kier molecular flexibility index (Phi) is 7.39. The van der Waals surface area contributed by atoms with E-state index in [2.05, 4.69) is 34.5 Å². The molecule has 2 aromatic rings. The van der Waals surface area contributed by atoms with Gasteiger partial charge >= 0.3 is 0 Å². The second-order valence-electron chi connectivity index (χ2n) is 6.47. The van der Waals surface area contributed by atoms with E-state index >= 15 is 0 Å². The Morgan fingerprint density at radius 1 is 1.26 bits per heavy atom. The molecule has 0 unspecified atom stereocenters. The lowest BCUT2D eigenvalue weighted by molar-refractivity contribution is -0.128. The van der Waals surface area contributed by atoms with E-state index in [4.69, 9.17) is 21.7 Å². The van der Waals surface area contributed by atoms with Gasteiger partial charge in [0.25, 0.3) is 11.8 Å². The van der Waals surface area contributed by atoms with Crippen LogP contribution in [0.5, 0.6) is 11.5 Å². The molecule has 0 spiro atoms. The average Bonchev–Trinajstić information content (AvgIpc) is 2.74. The van der Waals surface area contributed by atoms with Gasteiger partial charge in [-0.15, -0.1) is 6.58 Å². The number of carbonyl (C=O) groups is 2. The van der Waals surface area contributed by atoms with Crippen molar-refractivity contribution in [2.24, 2.45) is 0 Å². The molecule has 0 aromatic heterocycles. The van der Waals surface area contributed by atoms with Crippen molar-refractivity contribution in [2.45, 2.75) is 6.61 Å². The van der Waals surface area contributed by atoms with E-state index < -0.39 is 11.8 Å². The van der Waals surface area contributed by atoms with Crippen LogP contribution in [0.1, 0.15) is 11.1 Å². The fourth-order valence-corrected chi connectivity index (χ4v) is 3.89. The number of methoxy groups -OCH3 is 1. The molecule has 1 saturated heterocycles. The molecule has 6 nitrogen and oxygen atoms in total. The summed E-state index contributed by atoms with van der Waals surface area (Å²) in [4.78, 5) is 26.3. The highest BCUT2D eigenvalue weighted by Gasteiger charge is 2.32. The van der Waals surface area contributed by atoms with Gasteiger partial charge in [0.05, 0.1) is 10.7 Å². The third-order valence-corrected chi connectivity index (χ3v) is 5.48. The highest BCUT2D eigenvalue weighted by molar-refractivity contribution is 14.1. The second kappa shape index (κ2) is 10.0. The van der Waals surface area contributed by atoms with Gasteiger partial charge in [-0.1, -0.05) is 18.2 Å². The van der Waals surface area contributed by atoms with Gasteiger partial charge < -0.3 is 9.47 Å². The normalized spacial score (nSPS) is 15.1. The highest BCUT2D eigenvalue weighted by Crippen LogP contribution is 2.35. The van der Waals surface area contributed by atoms with Crippen LogP contribution in [0.3, 0.4) is 0 Å². The number of benzene rings is 2. The number of thiocarbonyl (C=S) groups is 1. The van der Waals surface area contributed by atoms with E-state index in [0.717, 1.165) is 5.56 Å². The van der Waals surface area contributed by atoms with E-state index in [-0.39, 0.29) is 29.7 Å². The molecule has 1 heterocycles. The Labute approximate surface area is 197 Å². The zero-order valence-electron chi connectivity index (χ0n) is 16.5. The van der Waals surface area contributed by atoms with Crippen LogP contribution in [-0.2, 0) is 16.2 Å². The summed E-state index contributed by atoms with van der Waals surface area (Å²) in [7, 11) is 1.50. The van der Waals surface area contributed by atoms with Crippen LogP contribution < -0.4 is 14.8 Å². The van der Waals surface area contributed by atoms with Crippen LogP contribution in [0, 0.1) is 9.39 Å². The van der Waals surface area contributed by atoms with Gasteiger partial charge in [-0.25, -0.2) is 4.39 Å². The van der Waals surface area contributed by atoms with Gasteiger partial charge in [-0.2, -0.15) is 0 Å². The summed E-state index contributed by atoms with van der Waals surface area (Å²) >= 11 is 7.14. The maximum absolute atomic E-state index is 13.1. The van der Waals surface area contributed by atoms with Gasteiger partial charge in [-0.05, 0) is 76.3 Å². The molecule has 2 aromatic carbocycles. The number of hydrogen-bond donors (Lipinski definition) is 1. The van der Waals surface area contributed by atoms with Gasteiger partial charge in [0.2, 0.25) is 0 Å². The van der Waals surface area contributed by atoms with Gasteiger partial charge in [0.15, 0.2) is 16.6 Å². The monoisotopic (exact) mass is 552 g/mol. The molecule has 0 bridgehead atoms. The van der Waals surface area contributed by atoms with E-state index in [0.29, 0.717) is 20.6 Å². The van der Waals surface area contributed by atoms with Crippen molar-refractivity contribution in [3.8, 4) is 11.5 Å². The number of rotatable bonds is 7. The lowest BCUT2D eigenvalue weighted by Gasteiger charge is -2.27. The molecule has 3 rings (SSSR count). The van der Waals surface area contributed by atoms with E-state index in [1.165, 1.54) is 36.3 Å². The Morgan fingerprint density at radius 3 is 2.61 bits per heavy atom. The van der Waals surface area contributed by atoms with Crippen LogP contribution in [0.25, 0.3) is 6.08 Å². The fraction of sp³-hybridized carbons (Fsp3) is 0.136. The largest absolute Gasteiger partial charge is 0.493 e. The van der Waals surface area contributed by atoms with Crippen molar-refractivity contribution in [1.29, 1.82) is 0 Å². The average molecular weight is 552 g/mol. The van der Waals surface area contributed by atoms with Crippen molar-refractivity contribution >= 4 is 57.8 Å². The van der Waals surface area contributed by atoms with Crippen LogP contribution in [-0.4, -0.2) is 35.5 Å². The first-order valence-electron chi connectivity index (χ1n) is 9.08. The molecule has 160 valence electrons. The van der Waals surface area contributed by atoms with Crippen molar-refractivity contribution in [1.82, 2.24) is 10.2 Å². The minimum Gasteiger partial charge on any atom is -0.493 e. The third kappa shape index (κ3) is 5.28. The number of hydrogen-bond acceptors (Lipinski definition) is 5. The first-order chi connectivity index (χ1) is 14.8. The first kappa shape index (κ1) is 22.9. The Morgan fingerprint density at radius 2 is 1.97 bits per heavy atom. The lowest BCUT2D eigenvalue weighted by Crippen LogP contribution is -2.53. The summed E-state index contributed by atoms with van der Waals surface area (Å²) < 4.78 is 25.1. The molecule has 1 N–H and O–H groups in total. The van der Waals surface area contributed by atoms with Gasteiger partial charge in [0, 0.05) is 6.54 Å². The van der Waals surface area contributed by atoms with E-state index in [9.17, 15) is 14.0 Å². The van der Waals surface area contributed by atoms with Crippen molar-refractivity contribution in [3.63, 3.8) is 0 Å². The van der Waals surface area contributed by atoms with Crippen LogP contribution in [0.2, 0.25) is 0 Å². The summed E-state index contributed by atoms with van der Waals surface area (Å²) in [5.41, 5.74) is 1.33.